The van der Waals surface area contributed by atoms with Crippen molar-refractivity contribution in [2.75, 3.05) is 33.2 Å². The molecule has 2 heterocycles. The first-order valence-corrected chi connectivity index (χ1v) is 8.49. The molecule has 2 aliphatic heterocycles. The predicted octanol–water partition coefficient (Wildman–Crippen LogP) is 1.16. The van der Waals surface area contributed by atoms with Crippen molar-refractivity contribution in [2.45, 2.75) is 0 Å². The van der Waals surface area contributed by atoms with E-state index < -0.39 is 0 Å². The first-order chi connectivity index (χ1) is 12.1. The van der Waals surface area contributed by atoms with Crippen LogP contribution in [0.5, 0.6) is 0 Å². The van der Waals surface area contributed by atoms with Crippen molar-refractivity contribution < 1.29 is 4.39 Å². The zero-order valence-electron chi connectivity index (χ0n) is 14.0. The van der Waals surface area contributed by atoms with E-state index in [-0.39, 0.29) is 5.82 Å². The van der Waals surface area contributed by atoms with Crippen LogP contribution in [-0.2, 0) is 0 Å². The molecule has 0 atom stereocenters. The molecule has 2 aliphatic rings. The molecule has 6 nitrogen and oxygen atoms in total. The third kappa shape index (κ3) is 4.55. The molecular weight excluding hydrogens is 339 g/mol. The first kappa shape index (κ1) is 17.4. The van der Waals surface area contributed by atoms with Crippen LogP contribution in [0, 0.1) is 5.82 Å². The molecule has 0 spiro atoms. The maximum Gasteiger partial charge on any atom is 0.189 e. The van der Waals surface area contributed by atoms with Gasteiger partial charge in [-0.2, -0.15) is 5.10 Å². The van der Waals surface area contributed by atoms with Crippen LogP contribution >= 0.6 is 12.2 Å². The summed E-state index contributed by atoms with van der Waals surface area (Å²) in [6.45, 7) is 3.69. The standard InChI is InChI=1S/C17H21FN6S/c1-23-8-10-24(11-9-23)17(25)22-21-16(14-6-7-19-20-12-14)13-2-4-15(18)5-3-13/h2-7,12,19-20H,8-11H2,1H3,(H,22,25)/b21-16-. The van der Waals surface area contributed by atoms with E-state index in [2.05, 4.69) is 38.2 Å². The van der Waals surface area contributed by atoms with Gasteiger partial charge in [-0.15, -0.1) is 0 Å². The minimum atomic E-state index is -0.281. The van der Waals surface area contributed by atoms with Crippen molar-refractivity contribution in [1.82, 2.24) is 26.1 Å². The molecule has 3 N–H and O–H groups in total. The number of thiocarbonyl (C=S) groups is 1. The van der Waals surface area contributed by atoms with Gasteiger partial charge in [0, 0.05) is 49.7 Å². The number of nitrogens with one attached hydrogen (secondary N) is 3. The van der Waals surface area contributed by atoms with Crippen molar-refractivity contribution in [3.05, 3.63) is 59.7 Å². The van der Waals surface area contributed by atoms with Gasteiger partial charge in [-0.25, -0.2) is 4.39 Å². The van der Waals surface area contributed by atoms with E-state index in [1.165, 1.54) is 12.1 Å². The van der Waals surface area contributed by atoms with Crippen LogP contribution in [0.3, 0.4) is 0 Å². The minimum absolute atomic E-state index is 0.281. The highest BCUT2D eigenvalue weighted by Gasteiger charge is 2.17. The molecule has 0 aromatic heterocycles. The van der Waals surface area contributed by atoms with Gasteiger partial charge in [0.15, 0.2) is 5.11 Å². The quantitative estimate of drug-likeness (QED) is 0.427. The summed E-state index contributed by atoms with van der Waals surface area (Å²) in [6, 6.07) is 6.24. The minimum Gasteiger partial charge on any atom is -0.345 e. The van der Waals surface area contributed by atoms with Gasteiger partial charge in [-0.05, 0) is 49.6 Å². The number of rotatable bonds is 3. The van der Waals surface area contributed by atoms with E-state index in [0.29, 0.717) is 10.8 Å². The van der Waals surface area contributed by atoms with Crippen molar-refractivity contribution in [3.8, 4) is 0 Å². The fourth-order valence-corrected chi connectivity index (χ4v) is 2.81. The average Bonchev–Trinajstić information content (AvgIpc) is 2.64. The van der Waals surface area contributed by atoms with E-state index in [1.807, 2.05) is 6.08 Å². The molecule has 0 aliphatic carbocycles. The van der Waals surface area contributed by atoms with E-state index >= 15 is 0 Å². The Morgan fingerprint density at radius 1 is 1.16 bits per heavy atom. The number of nitrogens with zero attached hydrogens (tertiary/aromatic N) is 3. The third-order valence-corrected chi connectivity index (χ3v) is 4.45. The van der Waals surface area contributed by atoms with Crippen molar-refractivity contribution >= 4 is 23.0 Å². The van der Waals surface area contributed by atoms with Gasteiger partial charge >= 0.3 is 0 Å². The lowest BCUT2D eigenvalue weighted by Crippen LogP contribution is -2.49. The summed E-state index contributed by atoms with van der Waals surface area (Å²) >= 11 is 5.47. The molecule has 25 heavy (non-hydrogen) atoms. The molecule has 0 bridgehead atoms. The van der Waals surface area contributed by atoms with E-state index in [0.717, 1.165) is 37.3 Å². The first-order valence-electron chi connectivity index (χ1n) is 8.09. The van der Waals surface area contributed by atoms with Gasteiger partial charge in [0.1, 0.15) is 5.82 Å². The zero-order valence-corrected chi connectivity index (χ0v) is 14.8. The summed E-state index contributed by atoms with van der Waals surface area (Å²) in [5.74, 6) is -0.281. The Balaban J connectivity index is 1.77. The summed E-state index contributed by atoms with van der Waals surface area (Å²) in [6.07, 6.45) is 5.45. The molecule has 1 aromatic rings. The Labute approximate surface area is 152 Å². The smallest absolute Gasteiger partial charge is 0.189 e. The van der Waals surface area contributed by atoms with Crippen LogP contribution in [0.15, 0.2) is 53.4 Å². The maximum atomic E-state index is 13.2. The van der Waals surface area contributed by atoms with Crippen LogP contribution in [-0.4, -0.2) is 53.9 Å². The summed E-state index contributed by atoms with van der Waals surface area (Å²) in [5, 5.41) is 5.10. The van der Waals surface area contributed by atoms with Crippen LogP contribution < -0.4 is 16.3 Å². The highest BCUT2D eigenvalue weighted by atomic mass is 32.1. The van der Waals surface area contributed by atoms with Gasteiger partial charge in [0.2, 0.25) is 0 Å². The number of benzene rings is 1. The Hall–Kier alpha value is -2.45. The lowest BCUT2D eigenvalue weighted by Gasteiger charge is -2.33. The molecule has 0 radical (unpaired) electrons. The predicted molar refractivity (Wildman–Crippen MR) is 101 cm³/mol. The number of hydrazone groups is 1. The van der Waals surface area contributed by atoms with Crippen LogP contribution in [0.25, 0.3) is 0 Å². The Bertz CT molecular complexity index is 704. The average molecular weight is 360 g/mol. The SMILES string of the molecule is CN1CCN(C(=S)N/N=C(\C2=CNNC=C2)c2ccc(F)cc2)CC1. The Kier molecular flexibility index (Phi) is 5.62. The number of allylic oxidation sites excluding steroid dienone is 2. The number of hydrogen-bond donors (Lipinski definition) is 3. The lowest BCUT2D eigenvalue weighted by atomic mass is 10.0. The molecule has 8 heteroatoms. The molecule has 1 fully saturated rings. The van der Waals surface area contributed by atoms with E-state index in [4.69, 9.17) is 12.2 Å². The monoisotopic (exact) mass is 360 g/mol. The number of hydrazine groups is 1. The van der Waals surface area contributed by atoms with E-state index in [1.54, 1.807) is 24.5 Å². The molecule has 132 valence electrons. The molecule has 0 amide bonds. The molecule has 3 rings (SSSR count). The van der Waals surface area contributed by atoms with Gasteiger partial charge in [-0.3, -0.25) is 5.43 Å². The van der Waals surface area contributed by atoms with Crippen molar-refractivity contribution in [3.63, 3.8) is 0 Å². The molecule has 1 saturated heterocycles. The van der Waals surface area contributed by atoms with Crippen LogP contribution in [0.1, 0.15) is 5.56 Å². The summed E-state index contributed by atoms with van der Waals surface area (Å²) in [7, 11) is 2.10. The molecule has 0 saturated carbocycles. The molecule has 1 aromatic carbocycles. The topological polar surface area (TPSA) is 54.9 Å². The largest absolute Gasteiger partial charge is 0.345 e. The van der Waals surface area contributed by atoms with Crippen LogP contribution in [0.4, 0.5) is 4.39 Å². The highest BCUT2D eigenvalue weighted by Crippen LogP contribution is 2.13. The van der Waals surface area contributed by atoms with Crippen molar-refractivity contribution in [1.29, 1.82) is 0 Å². The summed E-state index contributed by atoms with van der Waals surface area (Å²) in [5.41, 5.74) is 11.1. The number of halogens is 1. The number of piperazine rings is 1. The second-order valence-corrected chi connectivity index (χ2v) is 6.28. The van der Waals surface area contributed by atoms with Gasteiger partial charge < -0.3 is 20.7 Å². The van der Waals surface area contributed by atoms with Gasteiger partial charge in [0.05, 0.1) is 5.71 Å². The summed E-state index contributed by atoms with van der Waals surface area (Å²) < 4.78 is 13.2. The normalized spacial score (nSPS) is 18.2. The lowest BCUT2D eigenvalue weighted by molar-refractivity contribution is 0.214. The third-order valence-electron chi connectivity index (χ3n) is 4.10. The number of hydrogen-bond acceptors (Lipinski definition) is 5. The van der Waals surface area contributed by atoms with Gasteiger partial charge in [-0.1, -0.05) is 0 Å². The summed E-state index contributed by atoms with van der Waals surface area (Å²) in [4.78, 5) is 4.37. The maximum absolute atomic E-state index is 13.2. The highest BCUT2D eigenvalue weighted by molar-refractivity contribution is 7.80. The number of likely N-dealkylation sites (N-methyl/N-ethyl adjacent to an activating group) is 1. The fraction of sp³-hybridized carbons (Fsp3) is 0.294. The molecular formula is C17H21FN6S. The zero-order chi connectivity index (χ0) is 17.6. The Morgan fingerprint density at radius 3 is 2.52 bits per heavy atom. The second kappa shape index (κ2) is 8.09. The molecule has 0 unspecified atom stereocenters. The fourth-order valence-electron chi connectivity index (χ4n) is 2.58. The van der Waals surface area contributed by atoms with Gasteiger partial charge in [0.25, 0.3) is 0 Å². The van der Waals surface area contributed by atoms with Crippen molar-refractivity contribution in [2.24, 2.45) is 5.10 Å². The van der Waals surface area contributed by atoms with Crippen LogP contribution in [0.2, 0.25) is 0 Å². The second-order valence-electron chi connectivity index (χ2n) is 5.90. The Morgan fingerprint density at radius 2 is 1.88 bits per heavy atom. The van der Waals surface area contributed by atoms with E-state index in [9.17, 15) is 4.39 Å².